The number of nitriles is 1. The maximum Gasteiger partial charge on any atom is 0.268 e. The highest BCUT2D eigenvalue weighted by atomic mass is 16.1. The monoisotopic (exact) mass is 232 g/mol. The van der Waals surface area contributed by atoms with Crippen molar-refractivity contribution in [2.75, 3.05) is 5.32 Å². The van der Waals surface area contributed by atoms with Crippen LogP contribution >= 0.6 is 0 Å². The topological polar surface area (TPSA) is 70.7 Å². The Hall–Kier alpha value is -1.83. The second-order valence-corrected chi connectivity index (χ2v) is 4.34. The van der Waals surface area contributed by atoms with Gasteiger partial charge in [-0.15, -0.1) is 0 Å². The van der Waals surface area contributed by atoms with E-state index in [1.807, 2.05) is 0 Å². The first-order valence-electron chi connectivity index (χ1n) is 6.00. The van der Waals surface area contributed by atoms with E-state index in [1.54, 1.807) is 12.3 Å². The van der Waals surface area contributed by atoms with E-state index in [-0.39, 0.29) is 5.56 Å². The van der Waals surface area contributed by atoms with Crippen molar-refractivity contribution >= 4 is 5.69 Å². The van der Waals surface area contributed by atoms with E-state index < -0.39 is 0 Å². The average Bonchev–Trinajstić information content (AvgIpc) is 3.11. The fraction of sp³-hybridized carbons (Fsp3) is 0.583. The van der Waals surface area contributed by atoms with Crippen LogP contribution in [0.2, 0.25) is 0 Å². The molecule has 1 heterocycles. The molecule has 1 aliphatic carbocycles. The number of aryl methyl sites for hydroxylation is 1. The first-order valence-corrected chi connectivity index (χ1v) is 6.00. The average molecular weight is 232 g/mol. The van der Waals surface area contributed by atoms with Crippen LogP contribution in [-0.4, -0.2) is 15.8 Å². The van der Waals surface area contributed by atoms with Gasteiger partial charge in [-0.2, -0.15) is 10.4 Å². The summed E-state index contributed by atoms with van der Waals surface area (Å²) in [5.41, 5.74) is 0.735. The van der Waals surface area contributed by atoms with Gasteiger partial charge in [0.25, 0.3) is 5.56 Å². The van der Waals surface area contributed by atoms with Crippen LogP contribution in [0.1, 0.15) is 32.1 Å². The number of nitrogens with zero attached hydrogens (tertiary/aromatic N) is 3. The highest BCUT2D eigenvalue weighted by Crippen LogP contribution is 2.23. The van der Waals surface area contributed by atoms with Crippen LogP contribution in [0.5, 0.6) is 0 Å². The molecule has 5 nitrogen and oxygen atoms in total. The molecule has 1 aromatic heterocycles. The van der Waals surface area contributed by atoms with Crippen LogP contribution in [-0.2, 0) is 6.54 Å². The van der Waals surface area contributed by atoms with Gasteiger partial charge in [0.15, 0.2) is 0 Å². The normalized spacial score (nSPS) is 14.3. The summed E-state index contributed by atoms with van der Waals surface area (Å²) < 4.78 is 1.45. The van der Waals surface area contributed by atoms with Gasteiger partial charge in [0.1, 0.15) is 0 Å². The molecule has 0 bridgehead atoms. The Bertz CT molecular complexity index is 470. The minimum atomic E-state index is -0.0763. The van der Waals surface area contributed by atoms with Gasteiger partial charge >= 0.3 is 0 Å². The number of hydrogen-bond donors (Lipinski definition) is 1. The SMILES string of the molecule is N#CCCCCn1ncc(NC2CC2)cc1=O. The molecule has 1 aliphatic rings. The second kappa shape index (κ2) is 5.48. The third-order valence-corrected chi connectivity index (χ3v) is 2.73. The van der Waals surface area contributed by atoms with Crippen LogP contribution in [0.25, 0.3) is 0 Å². The smallest absolute Gasteiger partial charge is 0.268 e. The Labute approximate surface area is 100 Å². The van der Waals surface area contributed by atoms with Crippen molar-refractivity contribution in [3.05, 3.63) is 22.6 Å². The second-order valence-electron chi connectivity index (χ2n) is 4.34. The summed E-state index contributed by atoms with van der Waals surface area (Å²) in [5, 5.41) is 15.8. The van der Waals surface area contributed by atoms with Crippen LogP contribution < -0.4 is 10.9 Å². The zero-order valence-electron chi connectivity index (χ0n) is 9.72. The van der Waals surface area contributed by atoms with Crippen molar-refractivity contribution in [3.63, 3.8) is 0 Å². The van der Waals surface area contributed by atoms with E-state index in [0.29, 0.717) is 19.0 Å². The molecule has 0 aromatic carbocycles. The Morgan fingerprint density at radius 1 is 1.53 bits per heavy atom. The van der Waals surface area contributed by atoms with Gasteiger partial charge in [-0.05, 0) is 25.7 Å². The Morgan fingerprint density at radius 2 is 2.35 bits per heavy atom. The summed E-state index contributed by atoms with van der Waals surface area (Å²) in [4.78, 5) is 11.7. The maximum atomic E-state index is 11.7. The van der Waals surface area contributed by atoms with Crippen LogP contribution in [0.15, 0.2) is 17.1 Å². The van der Waals surface area contributed by atoms with Gasteiger partial charge in [0.05, 0.1) is 18.0 Å². The van der Waals surface area contributed by atoms with Crippen molar-refractivity contribution in [3.8, 4) is 6.07 Å². The third-order valence-electron chi connectivity index (χ3n) is 2.73. The highest BCUT2D eigenvalue weighted by Gasteiger charge is 2.20. The first kappa shape index (κ1) is 11.6. The van der Waals surface area contributed by atoms with Gasteiger partial charge in [-0.3, -0.25) is 4.79 Å². The summed E-state index contributed by atoms with van der Waals surface area (Å²) >= 11 is 0. The number of rotatable bonds is 6. The van der Waals surface area contributed by atoms with Crippen LogP contribution in [0.4, 0.5) is 5.69 Å². The van der Waals surface area contributed by atoms with E-state index in [1.165, 1.54) is 17.5 Å². The number of unbranched alkanes of at least 4 members (excludes halogenated alkanes) is 2. The van der Waals surface area contributed by atoms with Gasteiger partial charge in [-0.1, -0.05) is 0 Å². The molecule has 5 heteroatoms. The molecule has 0 unspecified atom stereocenters. The molecule has 17 heavy (non-hydrogen) atoms. The van der Waals surface area contributed by atoms with E-state index in [0.717, 1.165) is 18.5 Å². The van der Waals surface area contributed by atoms with Crippen molar-refractivity contribution in [1.29, 1.82) is 5.26 Å². The molecule has 0 atom stereocenters. The van der Waals surface area contributed by atoms with Gasteiger partial charge in [0.2, 0.25) is 0 Å². The lowest BCUT2D eigenvalue weighted by atomic mass is 10.2. The predicted octanol–water partition coefficient (Wildman–Crippen LogP) is 1.51. The Kier molecular flexibility index (Phi) is 3.76. The fourth-order valence-electron chi connectivity index (χ4n) is 1.61. The van der Waals surface area contributed by atoms with Crippen LogP contribution in [0, 0.1) is 11.3 Å². The molecule has 1 saturated carbocycles. The van der Waals surface area contributed by atoms with Crippen molar-refractivity contribution in [1.82, 2.24) is 9.78 Å². The lowest BCUT2D eigenvalue weighted by Gasteiger charge is -2.06. The maximum absolute atomic E-state index is 11.7. The predicted molar refractivity (Wildman–Crippen MR) is 64.6 cm³/mol. The van der Waals surface area contributed by atoms with Gasteiger partial charge in [0, 0.05) is 25.1 Å². The zero-order valence-corrected chi connectivity index (χ0v) is 9.72. The lowest BCUT2D eigenvalue weighted by Crippen LogP contribution is -2.22. The van der Waals surface area contributed by atoms with Crippen molar-refractivity contribution in [2.24, 2.45) is 0 Å². The molecule has 0 saturated heterocycles. The fourth-order valence-corrected chi connectivity index (χ4v) is 1.61. The standard InChI is InChI=1S/C12H16N4O/c13-6-2-1-3-7-16-12(17)8-11(9-14-16)15-10-4-5-10/h8-10,15H,1-5,7H2. The quantitative estimate of drug-likeness (QED) is 0.755. The first-order chi connectivity index (χ1) is 8.29. The minimum absolute atomic E-state index is 0.0763. The molecule has 0 radical (unpaired) electrons. The molecular weight excluding hydrogens is 216 g/mol. The number of hydrogen-bond acceptors (Lipinski definition) is 4. The molecule has 0 aliphatic heterocycles. The summed E-state index contributed by atoms with van der Waals surface area (Å²) in [6.45, 7) is 0.588. The third kappa shape index (κ3) is 3.59. The van der Waals surface area contributed by atoms with Crippen molar-refractivity contribution in [2.45, 2.75) is 44.7 Å². The largest absolute Gasteiger partial charge is 0.381 e. The van der Waals surface area contributed by atoms with Gasteiger partial charge < -0.3 is 5.32 Å². The number of aromatic nitrogens is 2. The summed E-state index contributed by atoms with van der Waals surface area (Å²) in [5.74, 6) is 0. The minimum Gasteiger partial charge on any atom is -0.381 e. The Balaban J connectivity index is 1.89. The molecule has 2 rings (SSSR count). The molecule has 0 spiro atoms. The summed E-state index contributed by atoms with van der Waals surface area (Å²) in [6.07, 6.45) is 6.22. The van der Waals surface area contributed by atoms with Gasteiger partial charge in [-0.25, -0.2) is 4.68 Å². The molecular formula is C12H16N4O. The summed E-state index contributed by atoms with van der Waals surface area (Å²) in [6, 6.07) is 4.21. The highest BCUT2D eigenvalue weighted by molar-refractivity contribution is 5.41. The van der Waals surface area contributed by atoms with E-state index in [4.69, 9.17) is 5.26 Å². The number of anilines is 1. The molecule has 1 fully saturated rings. The lowest BCUT2D eigenvalue weighted by molar-refractivity contribution is 0.535. The van der Waals surface area contributed by atoms with Crippen molar-refractivity contribution < 1.29 is 0 Å². The zero-order chi connectivity index (χ0) is 12.1. The molecule has 1 aromatic rings. The Morgan fingerprint density at radius 3 is 3.00 bits per heavy atom. The molecule has 1 N–H and O–H groups in total. The van der Waals surface area contributed by atoms with Crippen LogP contribution in [0.3, 0.4) is 0 Å². The number of nitrogens with one attached hydrogen (secondary N) is 1. The van der Waals surface area contributed by atoms with E-state index >= 15 is 0 Å². The van der Waals surface area contributed by atoms with E-state index in [2.05, 4.69) is 16.5 Å². The molecule has 90 valence electrons. The van der Waals surface area contributed by atoms with E-state index in [9.17, 15) is 4.79 Å². The molecule has 0 amide bonds. The summed E-state index contributed by atoms with van der Waals surface area (Å²) in [7, 11) is 0.